The zero-order valence-electron chi connectivity index (χ0n) is 16.4. The SMILES string of the molecule is CC(C)C[C@H](NC(=O)COC(=O)c1cc(=O)c2ccccc2o1)c1ccccc1. The maximum atomic E-state index is 12.3. The van der Waals surface area contributed by atoms with Gasteiger partial charge in [-0.15, -0.1) is 0 Å². The molecule has 6 heteroatoms. The van der Waals surface area contributed by atoms with Crippen molar-refractivity contribution in [1.82, 2.24) is 5.32 Å². The summed E-state index contributed by atoms with van der Waals surface area (Å²) in [7, 11) is 0. The highest BCUT2D eigenvalue weighted by molar-refractivity contribution is 5.90. The molecule has 1 amide bonds. The van der Waals surface area contributed by atoms with E-state index in [1.54, 1.807) is 24.3 Å². The lowest BCUT2D eigenvalue weighted by atomic mass is 9.97. The summed E-state index contributed by atoms with van der Waals surface area (Å²) in [6.07, 6.45) is 0.753. The summed E-state index contributed by atoms with van der Waals surface area (Å²) < 4.78 is 10.5. The van der Waals surface area contributed by atoms with Crippen molar-refractivity contribution in [2.45, 2.75) is 26.3 Å². The lowest BCUT2D eigenvalue weighted by Gasteiger charge is -2.21. The first kappa shape index (κ1) is 20.3. The number of ether oxygens (including phenoxy) is 1. The van der Waals surface area contributed by atoms with Crippen molar-refractivity contribution in [3.8, 4) is 0 Å². The lowest BCUT2D eigenvalue weighted by molar-refractivity contribution is -0.125. The normalized spacial score (nSPS) is 12.0. The molecule has 29 heavy (non-hydrogen) atoms. The molecule has 3 aromatic rings. The number of amides is 1. The maximum absolute atomic E-state index is 12.3. The molecule has 0 spiro atoms. The van der Waals surface area contributed by atoms with E-state index in [2.05, 4.69) is 19.2 Å². The molecule has 0 aliphatic heterocycles. The van der Waals surface area contributed by atoms with Crippen LogP contribution in [0.25, 0.3) is 11.0 Å². The highest BCUT2D eigenvalue weighted by atomic mass is 16.5. The molecular formula is C23H23NO5. The summed E-state index contributed by atoms with van der Waals surface area (Å²) in [5.41, 5.74) is 0.934. The molecule has 0 aliphatic rings. The second-order valence-corrected chi connectivity index (χ2v) is 7.21. The average Bonchev–Trinajstić information content (AvgIpc) is 2.72. The molecule has 0 fully saturated rings. The topological polar surface area (TPSA) is 85.6 Å². The maximum Gasteiger partial charge on any atom is 0.374 e. The molecular weight excluding hydrogens is 370 g/mol. The van der Waals surface area contributed by atoms with Gasteiger partial charge in [-0.2, -0.15) is 0 Å². The first-order valence-electron chi connectivity index (χ1n) is 9.48. The van der Waals surface area contributed by atoms with E-state index < -0.39 is 18.5 Å². The number of hydrogen-bond acceptors (Lipinski definition) is 5. The molecule has 0 saturated heterocycles. The van der Waals surface area contributed by atoms with E-state index in [0.717, 1.165) is 18.1 Å². The van der Waals surface area contributed by atoms with E-state index >= 15 is 0 Å². The number of fused-ring (bicyclic) bond motifs is 1. The predicted octanol–water partition coefficient (Wildman–Crippen LogP) is 3.85. The van der Waals surface area contributed by atoms with Gasteiger partial charge in [-0.3, -0.25) is 9.59 Å². The third-order valence-corrected chi connectivity index (χ3v) is 4.41. The van der Waals surface area contributed by atoms with Crippen molar-refractivity contribution in [3.05, 3.63) is 82.2 Å². The number of carbonyl (C=O) groups is 2. The van der Waals surface area contributed by atoms with E-state index in [-0.39, 0.29) is 22.8 Å². The molecule has 1 heterocycles. The molecule has 1 aromatic heterocycles. The van der Waals surface area contributed by atoms with Crippen LogP contribution in [0.4, 0.5) is 0 Å². The molecule has 0 saturated carbocycles. The summed E-state index contributed by atoms with van der Waals surface area (Å²) in [6, 6.07) is 17.2. The largest absolute Gasteiger partial charge is 0.450 e. The Kier molecular flexibility index (Phi) is 6.44. The van der Waals surface area contributed by atoms with Crippen LogP contribution in [0.2, 0.25) is 0 Å². The Hall–Kier alpha value is -3.41. The monoisotopic (exact) mass is 393 g/mol. The molecule has 0 bridgehead atoms. The second kappa shape index (κ2) is 9.19. The standard InChI is InChI=1S/C23H23NO5/c1-15(2)12-18(16-8-4-3-5-9-16)24-22(26)14-28-23(27)21-13-19(25)17-10-6-7-11-20(17)29-21/h3-11,13,15,18H,12,14H2,1-2H3,(H,24,26)/t18-/m0/s1. The third-order valence-electron chi connectivity index (χ3n) is 4.41. The fourth-order valence-electron chi connectivity index (χ4n) is 3.08. The van der Waals surface area contributed by atoms with Gasteiger partial charge in [0.25, 0.3) is 5.91 Å². The molecule has 0 radical (unpaired) electrons. The van der Waals surface area contributed by atoms with E-state index in [9.17, 15) is 14.4 Å². The van der Waals surface area contributed by atoms with Gasteiger partial charge in [0.1, 0.15) is 5.58 Å². The van der Waals surface area contributed by atoms with Gasteiger partial charge < -0.3 is 14.5 Å². The zero-order valence-corrected chi connectivity index (χ0v) is 16.4. The molecule has 1 N–H and O–H groups in total. The Morgan fingerprint density at radius 2 is 1.72 bits per heavy atom. The molecule has 2 aromatic carbocycles. The number of nitrogens with one attached hydrogen (secondary N) is 1. The van der Waals surface area contributed by atoms with Gasteiger partial charge >= 0.3 is 5.97 Å². The van der Waals surface area contributed by atoms with Crippen molar-refractivity contribution < 1.29 is 18.7 Å². The fourth-order valence-corrected chi connectivity index (χ4v) is 3.08. The van der Waals surface area contributed by atoms with Crippen LogP contribution in [0, 0.1) is 5.92 Å². The van der Waals surface area contributed by atoms with Gasteiger partial charge in [0.15, 0.2) is 12.0 Å². The minimum atomic E-state index is -0.858. The summed E-state index contributed by atoms with van der Waals surface area (Å²) in [5.74, 6) is -1.14. The fraction of sp³-hybridized carbons (Fsp3) is 0.261. The van der Waals surface area contributed by atoms with E-state index in [1.807, 2.05) is 30.3 Å². The summed E-state index contributed by atoms with van der Waals surface area (Å²) in [5, 5.41) is 3.28. The minimum absolute atomic E-state index is 0.180. The zero-order chi connectivity index (χ0) is 20.8. The van der Waals surface area contributed by atoms with Gasteiger partial charge in [0.2, 0.25) is 5.76 Å². The molecule has 6 nitrogen and oxygen atoms in total. The molecule has 3 rings (SSSR count). The third kappa shape index (κ3) is 5.31. The number of benzene rings is 2. The molecule has 0 unspecified atom stereocenters. The van der Waals surface area contributed by atoms with Crippen molar-refractivity contribution in [1.29, 1.82) is 0 Å². The number of rotatable bonds is 7. The molecule has 1 atom stereocenters. The Bertz CT molecular complexity index is 1060. The first-order chi connectivity index (χ1) is 13.9. The first-order valence-corrected chi connectivity index (χ1v) is 9.48. The van der Waals surface area contributed by atoms with E-state index in [0.29, 0.717) is 11.3 Å². The van der Waals surface area contributed by atoms with Crippen molar-refractivity contribution in [2.24, 2.45) is 5.92 Å². The van der Waals surface area contributed by atoms with Crippen LogP contribution in [-0.2, 0) is 9.53 Å². The second-order valence-electron chi connectivity index (χ2n) is 7.21. The predicted molar refractivity (Wildman–Crippen MR) is 110 cm³/mol. The smallest absolute Gasteiger partial charge is 0.374 e. The van der Waals surface area contributed by atoms with Gasteiger partial charge in [0, 0.05) is 6.07 Å². The summed E-state index contributed by atoms with van der Waals surface area (Å²) in [4.78, 5) is 36.7. The van der Waals surface area contributed by atoms with Crippen LogP contribution in [0.5, 0.6) is 0 Å². The highest BCUT2D eigenvalue weighted by Gasteiger charge is 2.19. The van der Waals surface area contributed by atoms with Gasteiger partial charge in [-0.05, 0) is 30.0 Å². The number of esters is 1. The van der Waals surface area contributed by atoms with Crippen LogP contribution in [0.1, 0.15) is 42.4 Å². The van der Waals surface area contributed by atoms with Gasteiger partial charge in [0.05, 0.1) is 11.4 Å². The Balaban J connectivity index is 1.65. The average molecular weight is 393 g/mol. The molecule has 150 valence electrons. The molecule has 0 aliphatic carbocycles. The number of carbonyl (C=O) groups excluding carboxylic acids is 2. The Morgan fingerprint density at radius 3 is 2.45 bits per heavy atom. The Morgan fingerprint density at radius 1 is 1.03 bits per heavy atom. The highest BCUT2D eigenvalue weighted by Crippen LogP contribution is 2.21. The van der Waals surface area contributed by atoms with E-state index in [1.165, 1.54) is 0 Å². The number of para-hydroxylation sites is 1. The van der Waals surface area contributed by atoms with Gasteiger partial charge in [-0.1, -0.05) is 56.3 Å². The van der Waals surface area contributed by atoms with Crippen molar-refractivity contribution in [3.63, 3.8) is 0 Å². The van der Waals surface area contributed by atoms with Crippen LogP contribution in [0.15, 0.2) is 69.9 Å². The lowest BCUT2D eigenvalue weighted by Crippen LogP contribution is -2.33. The van der Waals surface area contributed by atoms with Crippen molar-refractivity contribution >= 4 is 22.8 Å². The van der Waals surface area contributed by atoms with Crippen molar-refractivity contribution in [2.75, 3.05) is 6.61 Å². The quantitative estimate of drug-likeness (QED) is 0.616. The summed E-state index contributed by atoms with van der Waals surface area (Å²) >= 11 is 0. The summed E-state index contributed by atoms with van der Waals surface area (Å²) in [6.45, 7) is 3.69. The minimum Gasteiger partial charge on any atom is -0.450 e. The van der Waals surface area contributed by atoms with Gasteiger partial charge in [-0.25, -0.2) is 4.79 Å². The van der Waals surface area contributed by atoms with Crippen LogP contribution in [0.3, 0.4) is 0 Å². The number of hydrogen-bond donors (Lipinski definition) is 1. The van der Waals surface area contributed by atoms with Crippen LogP contribution >= 0.6 is 0 Å². The van der Waals surface area contributed by atoms with Crippen LogP contribution < -0.4 is 10.7 Å². The van der Waals surface area contributed by atoms with E-state index in [4.69, 9.17) is 9.15 Å². The Labute approximate surface area is 168 Å². The van der Waals surface area contributed by atoms with Crippen LogP contribution in [-0.4, -0.2) is 18.5 Å².